The molecule has 37 heavy (non-hydrogen) atoms. The zero-order chi connectivity index (χ0) is 26.8. The van der Waals surface area contributed by atoms with Gasteiger partial charge in [-0.2, -0.15) is 0 Å². The van der Waals surface area contributed by atoms with E-state index in [1.165, 1.54) is 24.0 Å². The Morgan fingerprint density at radius 2 is 2.00 bits per heavy atom. The normalized spacial score (nSPS) is 14.9. The van der Waals surface area contributed by atoms with Gasteiger partial charge in [-0.25, -0.2) is 14.4 Å². The van der Waals surface area contributed by atoms with E-state index in [-0.39, 0.29) is 25.8 Å². The smallest absolute Gasteiger partial charge is 0.189 e. The average molecular weight is 548 g/mol. The van der Waals surface area contributed by atoms with E-state index in [1.807, 2.05) is 13.0 Å². The number of benzene rings is 1. The SMILES string of the molecule is CO/C(C)=C/c1c(/C=C(\C)OCc2cc(F)cc3c2OCOC3)ncnc1NC(/C=C(\C)Cl)=C/C=C/Cl. The van der Waals surface area contributed by atoms with Crippen LogP contribution < -0.4 is 10.1 Å². The lowest BCUT2D eigenvalue weighted by molar-refractivity contribution is -0.0181. The van der Waals surface area contributed by atoms with Crippen LogP contribution in [0, 0.1) is 5.82 Å². The molecular formula is C27H28Cl2FN3O4. The molecule has 196 valence electrons. The fourth-order valence-electron chi connectivity index (χ4n) is 3.43. The maximum Gasteiger partial charge on any atom is 0.189 e. The lowest BCUT2D eigenvalue weighted by atomic mass is 10.1. The predicted octanol–water partition coefficient (Wildman–Crippen LogP) is 7.26. The molecule has 1 aromatic carbocycles. The third kappa shape index (κ3) is 8.35. The highest BCUT2D eigenvalue weighted by molar-refractivity contribution is 6.29. The summed E-state index contributed by atoms with van der Waals surface area (Å²) in [5, 5.41) is 3.82. The van der Waals surface area contributed by atoms with Crippen molar-refractivity contribution < 1.29 is 23.3 Å². The number of nitrogens with one attached hydrogen (secondary N) is 1. The Bertz CT molecular complexity index is 1270. The van der Waals surface area contributed by atoms with Gasteiger partial charge in [0.2, 0.25) is 0 Å². The number of anilines is 1. The first-order chi connectivity index (χ1) is 17.8. The molecule has 0 amide bonds. The molecule has 1 aromatic heterocycles. The maximum absolute atomic E-state index is 14.1. The molecule has 0 radical (unpaired) electrons. The van der Waals surface area contributed by atoms with E-state index in [0.717, 1.165) is 0 Å². The summed E-state index contributed by atoms with van der Waals surface area (Å²) in [4.78, 5) is 8.84. The van der Waals surface area contributed by atoms with Crippen LogP contribution in [0.5, 0.6) is 5.75 Å². The van der Waals surface area contributed by atoms with Gasteiger partial charge in [0.25, 0.3) is 0 Å². The van der Waals surface area contributed by atoms with Crippen LogP contribution in [0.1, 0.15) is 43.2 Å². The van der Waals surface area contributed by atoms with E-state index >= 15 is 0 Å². The van der Waals surface area contributed by atoms with Crippen LogP contribution in [0.4, 0.5) is 10.2 Å². The van der Waals surface area contributed by atoms with Gasteiger partial charge >= 0.3 is 0 Å². The van der Waals surface area contributed by atoms with E-state index in [1.54, 1.807) is 45.3 Å². The molecule has 0 saturated heterocycles. The van der Waals surface area contributed by atoms with Crippen LogP contribution in [0.15, 0.2) is 64.5 Å². The molecule has 0 unspecified atom stereocenters. The maximum atomic E-state index is 14.1. The Morgan fingerprint density at radius 3 is 2.73 bits per heavy atom. The van der Waals surface area contributed by atoms with Crippen LogP contribution in [-0.4, -0.2) is 23.9 Å². The van der Waals surface area contributed by atoms with Gasteiger partial charge in [0.1, 0.15) is 30.3 Å². The summed E-state index contributed by atoms with van der Waals surface area (Å²) < 4.78 is 36.2. The summed E-state index contributed by atoms with van der Waals surface area (Å²) in [6.07, 6.45) is 10.2. The monoisotopic (exact) mass is 547 g/mol. The number of halogens is 3. The number of nitrogens with zero attached hydrogens (tertiary/aromatic N) is 2. The summed E-state index contributed by atoms with van der Waals surface area (Å²) in [6, 6.07) is 2.80. The molecule has 1 N–H and O–H groups in total. The van der Waals surface area contributed by atoms with E-state index in [0.29, 0.717) is 56.2 Å². The molecule has 0 fully saturated rings. The van der Waals surface area contributed by atoms with E-state index in [9.17, 15) is 4.39 Å². The van der Waals surface area contributed by atoms with Gasteiger partial charge in [-0.3, -0.25) is 0 Å². The van der Waals surface area contributed by atoms with Crippen LogP contribution >= 0.6 is 23.2 Å². The van der Waals surface area contributed by atoms with Gasteiger partial charge < -0.3 is 24.3 Å². The summed E-state index contributed by atoms with van der Waals surface area (Å²) in [5.74, 6) is 1.92. The quantitative estimate of drug-likeness (QED) is 0.248. The van der Waals surface area contributed by atoms with Crippen molar-refractivity contribution in [1.82, 2.24) is 9.97 Å². The first-order valence-corrected chi connectivity index (χ1v) is 12.1. The van der Waals surface area contributed by atoms with Gasteiger partial charge in [0.05, 0.1) is 30.9 Å². The minimum absolute atomic E-state index is 0.109. The van der Waals surface area contributed by atoms with Crippen LogP contribution in [0.25, 0.3) is 12.2 Å². The van der Waals surface area contributed by atoms with Crippen molar-refractivity contribution >= 4 is 41.2 Å². The Kier molecular flexibility index (Phi) is 10.6. The van der Waals surface area contributed by atoms with Crippen molar-refractivity contribution in [3.05, 3.63) is 92.7 Å². The highest BCUT2D eigenvalue weighted by atomic mass is 35.5. The van der Waals surface area contributed by atoms with Crippen LogP contribution in [-0.2, 0) is 27.4 Å². The van der Waals surface area contributed by atoms with Crippen LogP contribution in [0.3, 0.4) is 0 Å². The average Bonchev–Trinajstić information content (AvgIpc) is 2.87. The standard InChI is InChI=1S/C27H28Cl2FN3O4/c1-17(29)8-23(6-5-7-28)33-27-24(9-18(2)34-4)25(31-15-32-27)10-19(3)36-14-21-12-22(30)11-20-13-35-16-37-26(20)21/h5-12,15H,13-14,16H2,1-4H3,(H,31,32,33)/b7-5+,17-8+,18-9+,19-10+,23-6+. The molecule has 1 aliphatic rings. The molecule has 2 aromatic rings. The van der Waals surface area contributed by atoms with Gasteiger partial charge in [0.15, 0.2) is 6.79 Å². The van der Waals surface area contributed by atoms with Gasteiger partial charge in [0, 0.05) is 39.0 Å². The lowest BCUT2D eigenvalue weighted by Gasteiger charge is -2.21. The van der Waals surface area contributed by atoms with E-state index in [4.69, 9.17) is 42.1 Å². The topological polar surface area (TPSA) is 74.7 Å². The molecule has 3 rings (SSSR count). The molecule has 0 saturated carbocycles. The minimum Gasteiger partial charge on any atom is -0.501 e. The third-order valence-electron chi connectivity index (χ3n) is 5.10. The molecule has 7 nitrogen and oxygen atoms in total. The highest BCUT2D eigenvalue weighted by Gasteiger charge is 2.17. The number of rotatable bonds is 10. The van der Waals surface area contributed by atoms with Crippen molar-refractivity contribution in [2.24, 2.45) is 0 Å². The highest BCUT2D eigenvalue weighted by Crippen LogP contribution is 2.31. The first-order valence-electron chi connectivity index (χ1n) is 11.3. The Hall–Kier alpha value is -3.33. The first kappa shape index (κ1) is 28.2. The number of hydrogen-bond acceptors (Lipinski definition) is 7. The lowest BCUT2D eigenvalue weighted by Crippen LogP contribution is -2.14. The number of hydrogen-bond donors (Lipinski definition) is 1. The summed E-state index contributed by atoms with van der Waals surface area (Å²) in [6.45, 7) is 5.88. The molecule has 0 spiro atoms. The second kappa shape index (κ2) is 13.8. The minimum atomic E-state index is -0.379. The van der Waals surface area contributed by atoms with Gasteiger partial charge in [-0.05, 0) is 57.2 Å². The van der Waals surface area contributed by atoms with Crippen molar-refractivity contribution in [3.8, 4) is 5.75 Å². The number of methoxy groups -OCH3 is 1. The predicted molar refractivity (Wildman–Crippen MR) is 144 cm³/mol. The van der Waals surface area contributed by atoms with E-state index < -0.39 is 0 Å². The molecule has 1 aliphatic heterocycles. The summed E-state index contributed by atoms with van der Waals surface area (Å²) in [7, 11) is 1.58. The molecule has 2 heterocycles. The molecule has 0 aliphatic carbocycles. The number of ether oxygens (including phenoxy) is 4. The largest absolute Gasteiger partial charge is 0.501 e. The second-order valence-electron chi connectivity index (χ2n) is 7.98. The third-order valence-corrected chi connectivity index (χ3v) is 5.35. The number of aromatic nitrogens is 2. The zero-order valence-corrected chi connectivity index (χ0v) is 22.5. The number of fused-ring (bicyclic) bond motifs is 1. The Balaban J connectivity index is 1.93. The van der Waals surface area contributed by atoms with Crippen molar-refractivity contribution in [2.75, 3.05) is 19.2 Å². The van der Waals surface area contributed by atoms with Crippen LogP contribution in [0.2, 0.25) is 0 Å². The fraction of sp³-hybridized carbons (Fsp3) is 0.259. The summed E-state index contributed by atoms with van der Waals surface area (Å²) in [5.41, 5.74) is 4.53. The van der Waals surface area contributed by atoms with Crippen molar-refractivity contribution in [1.29, 1.82) is 0 Å². The van der Waals surface area contributed by atoms with Gasteiger partial charge in [-0.1, -0.05) is 23.2 Å². The fourth-order valence-corrected chi connectivity index (χ4v) is 3.63. The molecule has 0 bridgehead atoms. The Labute approximate surface area is 225 Å². The van der Waals surface area contributed by atoms with Gasteiger partial charge in [-0.15, -0.1) is 0 Å². The molecular weight excluding hydrogens is 520 g/mol. The van der Waals surface area contributed by atoms with E-state index in [2.05, 4.69) is 15.3 Å². The van der Waals surface area contributed by atoms with Crippen molar-refractivity contribution in [2.45, 2.75) is 34.0 Å². The Morgan fingerprint density at radius 1 is 1.19 bits per heavy atom. The van der Waals surface area contributed by atoms with Crippen molar-refractivity contribution in [3.63, 3.8) is 0 Å². The molecule has 10 heteroatoms. The second-order valence-corrected chi connectivity index (χ2v) is 8.83. The number of allylic oxidation sites excluding steroid dienone is 6. The molecule has 0 atom stereocenters. The zero-order valence-electron chi connectivity index (χ0n) is 21.0. The summed E-state index contributed by atoms with van der Waals surface area (Å²) >= 11 is 11.8.